The summed E-state index contributed by atoms with van der Waals surface area (Å²) in [5.41, 5.74) is 1.85. The molecule has 6 heteroatoms. The molecule has 0 spiro atoms. The molecule has 1 aliphatic heterocycles. The first-order valence-electron chi connectivity index (χ1n) is 8.68. The van der Waals surface area contributed by atoms with Gasteiger partial charge in [-0.3, -0.25) is 9.69 Å². The number of methoxy groups -OCH3 is 1. The lowest BCUT2D eigenvalue weighted by molar-refractivity contribution is -0.121. The van der Waals surface area contributed by atoms with Gasteiger partial charge < -0.3 is 9.47 Å². The molecule has 1 amide bonds. The molecule has 1 heterocycles. The van der Waals surface area contributed by atoms with Crippen molar-refractivity contribution in [1.29, 1.82) is 0 Å². The summed E-state index contributed by atoms with van der Waals surface area (Å²) < 4.78 is 10.5. The maximum Gasteiger partial charge on any atom is 0.342 e. The van der Waals surface area contributed by atoms with Gasteiger partial charge in [-0.15, -0.1) is 0 Å². The van der Waals surface area contributed by atoms with E-state index in [-0.39, 0.29) is 18.1 Å². The largest absolute Gasteiger partial charge is 0.496 e. The normalized spacial score (nSPS) is 12.0. The van der Waals surface area contributed by atoms with Crippen molar-refractivity contribution < 1.29 is 19.1 Å². The van der Waals surface area contributed by atoms with Gasteiger partial charge in [0.1, 0.15) is 11.3 Å². The van der Waals surface area contributed by atoms with Gasteiger partial charge in [-0.05, 0) is 36.4 Å². The standard InChI is InChI=1S/C22H17NO4S/c1-26-18-11-5-2-8-15(18)22(25)27-14-21(24)23-16-9-3-6-12-19(16)28-20-13-7-4-10-17(20)23/h2-13H,14H2,1H3. The number of hydrogen-bond donors (Lipinski definition) is 0. The number of carbonyl (C=O) groups is 2. The number of anilines is 2. The highest BCUT2D eigenvalue weighted by Crippen LogP contribution is 2.47. The van der Waals surface area contributed by atoms with Crippen molar-refractivity contribution in [1.82, 2.24) is 0 Å². The highest BCUT2D eigenvalue weighted by molar-refractivity contribution is 7.99. The van der Waals surface area contributed by atoms with Crippen LogP contribution in [0.2, 0.25) is 0 Å². The SMILES string of the molecule is COc1ccccc1C(=O)OCC(=O)N1c2ccccc2Sc2ccccc21. The zero-order chi connectivity index (χ0) is 19.5. The molecule has 3 aromatic rings. The third kappa shape index (κ3) is 3.34. The highest BCUT2D eigenvalue weighted by atomic mass is 32.2. The second-order valence-corrected chi connectivity index (χ2v) is 7.13. The molecule has 0 aliphatic carbocycles. The molecule has 0 unspecified atom stereocenters. The summed E-state index contributed by atoms with van der Waals surface area (Å²) in [6, 6.07) is 22.1. The van der Waals surface area contributed by atoms with Crippen molar-refractivity contribution >= 4 is 35.0 Å². The van der Waals surface area contributed by atoms with Crippen LogP contribution in [0.15, 0.2) is 82.6 Å². The summed E-state index contributed by atoms with van der Waals surface area (Å²) in [7, 11) is 1.48. The Kier molecular flexibility index (Phi) is 5.04. The van der Waals surface area contributed by atoms with Crippen LogP contribution in [0, 0.1) is 0 Å². The predicted octanol–water partition coefficient (Wildman–Crippen LogP) is 4.68. The molecule has 28 heavy (non-hydrogen) atoms. The van der Waals surface area contributed by atoms with Crippen LogP contribution in [0.1, 0.15) is 10.4 Å². The molecule has 0 saturated heterocycles. The lowest BCUT2D eigenvalue weighted by atomic mass is 10.2. The van der Waals surface area contributed by atoms with E-state index in [4.69, 9.17) is 9.47 Å². The number of benzene rings is 3. The Bertz CT molecular complexity index is 1000. The molecule has 0 bridgehead atoms. The number of carbonyl (C=O) groups excluding carboxylic acids is 2. The number of hydrogen-bond acceptors (Lipinski definition) is 5. The average Bonchev–Trinajstić information content (AvgIpc) is 2.75. The summed E-state index contributed by atoms with van der Waals surface area (Å²) in [6.07, 6.45) is 0. The van der Waals surface area contributed by atoms with E-state index in [1.54, 1.807) is 40.9 Å². The highest BCUT2D eigenvalue weighted by Gasteiger charge is 2.28. The number of rotatable bonds is 4. The van der Waals surface area contributed by atoms with Gasteiger partial charge in [0, 0.05) is 9.79 Å². The fourth-order valence-corrected chi connectivity index (χ4v) is 4.11. The first kappa shape index (κ1) is 18.1. The molecular formula is C22H17NO4S. The van der Waals surface area contributed by atoms with E-state index in [9.17, 15) is 9.59 Å². The van der Waals surface area contributed by atoms with Crippen LogP contribution in [0.25, 0.3) is 0 Å². The molecule has 1 aliphatic rings. The minimum atomic E-state index is -0.598. The number of amides is 1. The Hall–Kier alpha value is -3.25. The van der Waals surface area contributed by atoms with Gasteiger partial charge in [-0.2, -0.15) is 0 Å². The topological polar surface area (TPSA) is 55.8 Å². The van der Waals surface area contributed by atoms with Crippen LogP contribution in [-0.4, -0.2) is 25.6 Å². The van der Waals surface area contributed by atoms with Crippen molar-refractivity contribution in [3.8, 4) is 5.75 Å². The molecule has 0 radical (unpaired) electrons. The number of esters is 1. The summed E-state index contributed by atoms with van der Waals surface area (Å²) in [4.78, 5) is 29.0. The van der Waals surface area contributed by atoms with Crippen molar-refractivity contribution in [3.63, 3.8) is 0 Å². The van der Waals surface area contributed by atoms with Crippen LogP contribution in [0.3, 0.4) is 0 Å². The number of ether oxygens (including phenoxy) is 2. The molecular weight excluding hydrogens is 374 g/mol. The molecule has 5 nitrogen and oxygen atoms in total. The smallest absolute Gasteiger partial charge is 0.342 e. The van der Waals surface area contributed by atoms with E-state index >= 15 is 0 Å². The Morgan fingerprint density at radius 3 is 2.07 bits per heavy atom. The van der Waals surface area contributed by atoms with E-state index in [0.717, 1.165) is 21.2 Å². The fourth-order valence-electron chi connectivity index (χ4n) is 3.06. The van der Waals surface area contributed by atoms with Crippen LogP contribution in [0.4, 0.5) is 11.4 Å². The van der Waals surface area contributed by atoms with Crippen molar-refractivity contribution in [3.05, 3.63) is 78.4 Å². The number of para-hydroxylation sites is 3. The zero-order valence-corrected chi connectivity index (χ0v) is 15.9. The lowest BCUT2D eigenvalue weighted by Gasteiger charge is -2.30. The summed E-state index contributed by atoms with van der Waals surface area (Å²) >= 11 is 1.61. The van der Waals surface area contributed by atoms with E-state index in [0.29, 0.717) is 5.75 Å². The molecule has 4 rings (SSSR count). The predicted molar refractivity (Wildman–Crippen MR) is 107 cm³/mol. The first-order chi connectivity index (χ1) is 13.7. The molecule has 0 saturated carbocycles. The summed E-state index contributed by atoms with van der Waals surface area (Å²) in [6.45, 7) is -0.371. The van der Waals surface area contributed by atoms with E-state index in [2.05, 4.69) is 0 Å². The van der Waals surface area contributed by atoms with Gasteiger partial charge in [-0.25, -0.2) is 4.79 Å². The Morgan fingerprint density at radius 1 is 0.857 bits per heavy atom. The fraction of sp³-hybridized carbons (Fsp3) is 0.0909. The van der Waals surface area contributed by atoms with Gasteiger partial charge in [-0.1, -0.05) is 48.2 Å². The van der Waals surface area contributed by atoms with Crippen LogP contribution in [-0.2, 0) is 9.53 Å². The quantitative estimate of drug-likeness (QED) is 0.605. The zero-order valence-electron chi connectivity index (χ0n) is 15.1. The third-order valence-corrected chi connectivity index (χ3v) is 5.47. The van der Waals surface area contributed by atoms with Crippen molar-refractivity contribution in [2.75, 3.05) is 18.6 Å². The minimum absolute atomic E-state index is 0.285. The van der Waals surface area contributed by atoms with Crippen molar-refractivity contribution in [2.24, 2.45) is 0 Å². The van der Waals surface area contributed by atoms with Gasteiger partial charge >= 0.3 is 5.97 Å². The van der Waals surface area contributed by atoms with Gasteiger partial charge in [0.2, 0.25) is 0 Å². The van der Waals surface area contributed by atoms with Gasteiger partial charge in [0.15, 0.2) is 6.61 Å². The average molecular weight is 391 g/mol. The number of fused-ring (bicyclic) bond motifs is 2. The van der Waals surface area contributed by atoms with E-state index < -0.39 is 5.97 Å². The molecule has 0 N–H and O–H groups in total. The lowest BCUT2D eigenvalue weighted by Crippen LogP contribution is -2.32. The maximum atomic E-state index is 13.0. The Balaban J connectivity index is 1.58. The van der Waals surface area contributed by atoms with Crippen LogP contribution >= 0.6 is 11.8 Å². The third-order valence-electron chi connectivity index (χ3n) is 4.34. The monoisotopic (exact) mass is 391 g/mol. The molecule has 0 aromatic heterocycles. The Labute approximate surface area is 166 Å². The minimum Gasteiger partial charge on any atom is -0.496 e. The second kappa shape index (κ2) is 7.78. The number of nitrogens with zero attached hydrogens (tertiary/aromatic N) is 1. The molecule has 3 aromatic carbocycles. The second-order valence-electron chi connectivity index (χ2n) is 6.04. The van der Waals surface area contributed by atoms with Crippen LogP contribution < -0.4 is 9.64 Å². The van der Waals surface area contributed by atoms with Gasteiger partial charge in [0.05, 0.1) is 18.5 Å². The molecule has 0 fully saturated rings. The van der Waals surface area contributed by atoms with Gasteiger partial charge in [0.25, 0.3) is 5.91 Å². The first-order valence-corrected chi connectivity index (χ1v) is 9.49. The summed E-state index contributed by atoms with van der Waals surface area (Å²) in [5.74, 6) is -0.507. The maximum absolute atomic E-state index is 13.0. The van der Waals surface area contributed by atoms with E-state index in [1.807, 2.05) is 48.5 Å². The van der Waals surface area contributed by atoms with Crippen molar-refractivity contribution in [2.45, 2.75) is 9.79 Å². The summed E-state index contributed by atoms with van der Waals surface area (Å²) in [5, 5.41) is 0. The Morgan fingerprint density at radius 2 is 1.43 bits per heavy atom. The van der Waals surface area contributed by atoms with Crippen LogP contribution in [0.5, 0.6) is 5.75 Å². The molecule has 140 valence electrons. The van der Waals surface area contributed by atoms with E-state index in [1.165, 1.54) is 7.11 Å². The molecule has 0 atom stereocenters.